The maximum atomic E-state index is 4.20. The fourth-order valence-corrected chi connectivity index (χ4v) is 4.07. The highest BCUT2D eigenvalue weighted by molar-refractivity contribution is 9.10. The third-order valence-electron chi connectivity index (χ3n) is 4.77. The molecule has 0 bridgehead atoms. The average molecular weight is 391 g/mol. The molecule has 3 heteroatoms. The molecule has 2 aromatic carbocycles. The largest absolute Gasteiger partial charge is 0.358 e. The Hall–Kier alpha value is -2.39. The monoisotopic (exact) mass is 390 g/mol. The van der Waals surface area contributed by atoms with E-state index in [2.05, 4.69) is 93.5 Å². The van der Waals surface area contributed by atoms with Crippen LogP contribution in [0.5, 0.6) is 0 Å². The molecule has 0 amide bonds. The molecule has 2 heterocycles. The molecule has 0 aliphatic rings. The topological polar surface area (TPSA) is 28.7 Å². The Kier molecular flexibility index (Phi) is 4.41. The molecule has 2 nitrogen and oxygen atoms in total. The molecule has 0 aliphatic carbocycles. The van der Waals surface area contributed by atoms with E-state index in [9.17, 15) is 0 Å². The van der Waals surface area contributed by atoms with Gasteiger partial charge in [0.1, 0.15) is 0 Å². The predicted molar refractivity (Wildman–Crippen MR) is 107 cm³/mol. The lowest BCUT2D eigenvalue weighted by Gasteiger charge is -2.15. The van der Waals surface area contributed by atoms with Crippen molar-refractivity contribution in [3.05, 3.63) is 99.9 Å². The molecular weight excluding hydrogens is 372 g/mol. The van der Waals surface area contributed by atoms with E-state index in [1.54, 1.807) is 0 Å². The van der Waals surface area contributed by atoms with Crippen molar-refractivity contribution in [1.29, 1.82) is 0 Å². The SMILES string of the molecule is CC(c1ccncc1Br)c1[nH]c2ccccc2c1Cc1ccccc1. The minimum Gasteiger partial charge on any atom is -0.358 e. The average Bonchev–Trinajstić information content (AvgIpc) is 3.01. The molecule has 0 saturated carbocycles. The van der Waals surface area contributed by atoms with Crippen molar-refractivity contribution in [2.75, 3.05) is 0 Å². The molecule has 2 aromatic heterocycles. The van der Waals surface area contributed by atoms with E-state index in [4.69, 9.17) is 0 Å². The quantitative estimate of drug-likeness (QED) is 0.450. The summed E-state index contributed by atoms with van der Waals surface area (Å²) in [4.78, 5) is 7.87. The van der Waals surface area contributed by atoms with Crippen LogP contribution in [0.3, 0.4) is 0 Å². The molecule has 1 N–H and O–H groups in total. The van der Waals surface area contributed by atoms with Crippen molar-refractivity contribution in [2.45, 2.75) is 19.3 Å². The lowest BCUT2D eigenvalue weighted by atomic mass is 9.92. The summed E-state index contributed by atoms with van der Waals surface area (Å²) >= 11 is 3.65. The van der Waals surface area contributed by atoms with Crippen LogP contribution in [0.1, 0.15) is 35.2 Å². The van der Waals surface area contributed by atoms with Crippen LogP contribution in [0.25, 0.3) is 10.9 Å². The summed E-state index contributed by atoms with van der Waals surface area (Å²) < 4.78 is 1.05. The number of halogens is 1. The number of para-hydroxylation sites is 1. The summed E-state index contributed by atoms with van der Waals surface area (Å²) in [6, 6.07) is 21.3. The zero-order valence-electron chi connectivity index (χ0n) is 14.0. The number of rotatable bonds is 4. The van der Waals surface area contributed by atoms with Crippen LogP contribution in [0.2, 0.25) is 0 Å². The first-order valence-electron chi connectivity index (χ1n) is 8.47. The first-order chi connectivity index (χ1) is 12.2. The Morgan fingerprint density at radius 3 is 2.56 bits per heavy atom. The van der Waals surface area contributed by atoms with E-state index in [1.165, 1.54) is 33.3 Å². The number of pyridine rings is 1. The van der Waals surface area contributed by atoms with E-state index in [0.717, 1.165) is 10.9 Å². The summed E-state index contributed by atoms with van der Waals surface area (Å²) in [6.45, 7) is 2.25. The second-order valence-corrected chi connectivity index (χ2v) is 7.20. The van der Waals surface area contributed by atoms with Crippen LogP contribution >= 0.6 is 15.9 Å². The molecular formula is C22H19BrN2. The first-order valence-corrected chi connectivity index (χ1v) is 9.26. The summed E-state index contributed by atoms with van der Waals surface area (Å²) in [5, 5.41) is 1.30. The number of hydrogen-bond acceptors (Lipinski definition) is 1. The second kappa shape index (κ2) is 6.85. The minimum atomic E-state index is 0.253. The highest BCUT2D eigenvalue weighted by Crippen LogP contribution is 2.35. The smallest absolute Gasteiger partial charge is 0.0459 e. The fraction of sp³-hybridized carbons (Fsp3) is 0.136. The Labute approximate surface area is 156 Å². The molecule has 1 unspecified atom stereocenters. The summed E-state index contributed by atoms with van der Waals surface area (Å²) in [7, 11) is 0. The van der Waals surface area contributed by atoms with Crippen molar-refractivity contribution < 1.29 is 0 Å². The lowest BCUT2D eigenvalue weighted by Crippen LogP contribution is -2.02. The maximum absolute atomic E-state index is 4.20. The minimum absolute atomic E-state index is 0.253. The van der Waals surface area contributed by atoms with Crippen LogP contribution in [-0.4, -0.2) is 9.97 Å². The van der Waals surface area contributed by atoms with E-state index in [0.29, 0.717) is 0 Å². The molecule has 1 atom stereocenters. The van der Waals surface area contributed by atoms with Crippen molar-refractivity contribution in [2.24, 2.45) is 0 Å². The van der Waals surface area contributed by atoms with Crippen LogP contribution < -0.4 is 0 Å². The van der Waals surface area contributed by atoms with Crippen LogP contribution in [0.4, 0.5) is 0 Å². The number of nitrogens with zero attached hydrogens (tertiary/aromatic N) is 1. The Morgan fingerprint density at radius 1 is 1.00 bits per heavy atom. The molecule has 0 spiro atoms. The molecule has 4 aromatic rings. The molecule has 0 aliphatic heterocycles. The number of aromatic amines is 1. The van der Waals surface area contributed by atoms with Crippen LogP contribution in [-0.2, 0) is 6.42 Å². The second-order valence-electron chi connectivity index (χ2n) is 6.34. The van der Waals surface area contributed by atoms with Gasteiger partial charge in [0.15, 0.2) is 0 Å². The summed E-state index contributed by atoms with van der Waals surface area (Å²) in [5.41, 5.74) is 6.42. The van der Waals surface area contributed by atoms with E-state index >= 15 is 0 Å². The van der Waals surface area contributed by atoms with Gasteiger partial charge in [0.25, 0.3) is 0 Å². The van der Waals surface area contributed by atoms with Crippen molar-refractivity contribution in [3.8, 4) is 0 Å². The Balaban J connectivity index is 1.85. The van der Waals surface area contributed by atoms with Gasteiger partial charge in [0, 0.05) is 39.4 Å². The van der Waals surface area contributed by atoms with Gasteiger partial charge in [0.05, 0.1) is 0 Å². The number of nitrogens with one attached hydrogen (secondary N) is 1. The molecule has 0 saturated heterocycles. The number of H-pyrrole nitrogens is 1. The fourth-order valence-electron chi connectivity index (χ4n) is 3.47. The van der Waals surface area contributed by atoms with Gasteiger partial charge >= 0.3 is 0 Å². The number of fused-ring (bicyclic) bond motifs is 1. The highest BCUT2D eigenvalue weighted by atomic mass is 79.9. The predicted octanol–water partition coefficient (Wildman–Crippen LogP) is 6.07. The number of benzene rings is 2. The van der Waals surface area contributed by atoms with Gasteiger partial charge < -0.3 is 4.98 Å². The zero-order valence-corrected chi connectivity index (χ0v) is 15.6. The van der Waals surface area contributed by atoms with E-state index in [-0.39, 0.29) is 5.92 Å². The van der Waals surface area contributed by atoms with Gasteiger partial charge in [-0.3, -0.25) is 4.98 Å². The van der Waals surface area contributed by atoms with Crippen molar-refractivity contribution in [3.63, 3.8) is 0 Å². The van der Waals surface area contributed by atoms with E-state index < -0.39 is 0 Å². The molecule has 0 radical (unpaired) electrons. The molecule has 124 valence electrons. The summed E-state index contributed by atoms with van der Waals surface area (Å²) in [5.74, 6) is 0.253. The lowest BCUT2D eigenvalue weighted by molar-refractivity contribution is 0.860. The van der Waals surface area contributed by atoms with Crippen LogP contribution in [0, 0.1) is 0 Å². The first kappa shape index (κ1) is 16.1. The molecule has 0 fully saturated rings. The third-order valence-corrected chi connectivity index (χ3v) is 5.44. The van der Waals surface area contributed by atoms with Gasteiger partial charge in [-0.25, -0.2) is 0 Å². The van der Waals surface area contributed by atoms with Gasteiger partial charge in [0.2, 0.25) is 0 Å². The standard InChI is InChI=1S/C22H19BrN2/c1-15(17-11-12-24-14-20(17)23)22-19(13-16-7-3-2-4-8-16)18-9-5-6-10-21(18)25-22/h2-12,14-15,25H,13H2,1H3. The van der Waals surface area contributed by atoms with Crippen molar-refractivity contribution >= 4 is 26.8 Å². The Morgan fingerprint density at radius 2 is 1.76 bits per heavy atom. The summed E-state index contributed by atoms with van der Waals surface area (Å²) in [6.07, 6.45) is 4.65. The van der Waals surface area contributed by atoms with E-state index in [1.807, 2.05) is 12.4 Å². The number of hydrogen-bond donors (Lipinski definition) is 1. The van der Waals surface area contributed by atoms with Gasteiger partial charge in [-0.15, -0.1) is 0 Å². The Bertz CT molecular complexity index is 1000. The maximum Gasteiger partial charge on any atom is 0.0459 e. The van der Waals surface area contributed by atoms with Gasteiger partial charge in [-0.2, -0.15) is 0 Å². The molecule has 25 heavy (non-hydrogen) atoms. The normalized spacial score (nSPS) is 12.4. The number of aromatic nitrogens is 2. The van der Waals surface area contributed by atoms with Gasteiger partial charge in [-0.1, -0.05) is 55.5 Å². The van der Waals surface area contributed by atoms with Gasteiger partial charge in [-0.05, 0) is 51.2 Å². The van der Waals surface area contributed by atoms with Crippen molar-refractivity contribution in [1.82, 2.24) is 9.97 Å². The third kappa shape index (κ3) is 3.12. The molecule has 4 rings (SSSR count). The highest BCUT2D eigenvalue weighted by Gasteiger charge is 2.20. The van der Waals surface area contributed by atoms with Crippen LogP contribution in [0.15, 0.2) is 77.5 Å². The zero-order chi connectivity index (χ0) is 17.2.